The highest BCUT2D eigenvalue weighted by atomic mass is 16.5. The molecule has 0 heterocycles. The topological polar surface area (TPSA) is 66.0 Å². The predicted molar refractivity (Wildman–Crippen MR) is 79.1 cm³/mol. The van der Waals surface area contributed by atoms with Crippen molar-refractivity contribution in [1.29, 1.82) is 0 Å². The summed E-state index contributed by atoms with van der Waals surface area (Å²) in [6.45, 7) is 4.05. The molecule has 1 aromatic carbocycles. The van der Waals surface area contributed by atoms with Crippen LogP contribution in [0.25, 0.3) is 0 Å². The van der Waals surface area contributed by atoms with Crippen LogP contribution >= 0.6 is 0 Å². The quantitative estimate of drug-likeness (QED) is 0.736. The molecule has 0 amide bonds. The van der Waals surface area contributed by atoms with E-state index in [1.54, 1.807) is 32.4 Å². The van der Waals surface area contributed by atoms with Crippen molar-refractivity contribution in [2.75, 3.05) is 27.9 Å². The van der Waals surface area contributed by atoms with Crippen molar-refractivity contribution in [3.05, 3.63) is 18.2 Å². The molecule has 0 aromatic heterocycles. The van der Waals surface area contributed by atoms with Crippen LogP contribution in [0.1, 0.15) is 13.8 Å². The van der Waals surface area contributed by atoms with E-state index in [-0.39, 0.29) is 18.6 Å². The second kappa shape index (κ2) is 8.36. The Hall–Kier alpha value is -1.95. The van der Waals surface area contributed by atoms with Gasteiger partial charge in [0, 0.05) is 24.2 Å². The fraction of sp³-hybridized carbons (Fsp3) is 0.533. The minimum absolute atomic E-state index is 0.137. The number of hydrogen-bond acceptors (Lipinski definition) is 6. The van der Waals surface area contributed by atoms with E-state index in [1.165, 1.54) is 7.11 Å². The molecule has 0 spiro atoms. The summed E-state index contributed by atoms with van der Waals surface area (Å²) in [5, 5.41) is 3.10. The van der Waals surface area contributed by atoms with Crippen LogP contribution in [0.4, 0.5) is 0 Å². The number of ether oxygens (including phenoxy) is 4. The van der Waals surface area contributed by atoms with Gasteiger partial charge in [-0.3, -0.25) is 10.1 Å². The van der Waals surface area contributed by atoms with E-state index in [2.05, 4.69) is 5.32 Å². The first-order valence-electron chi connectivity index (χ1n) is 6.70. The highest BCUT2D eigenvalue weighted by Crippen LogP contribution is 2.27. The largest absolute Gasteiger partial charge is 0.496 e. The molecule has 1 unspecified atom stereocenters. The number of methoxy groups -OCH3 is 3. The summed E-state index contributed by atoms with van der Waals surface area (Å²) in [6, 6.07) is 4.81. The summed E-state index contributed by atoms with van der Waals surface area (Å²) in [4.78, 5) is 11.7. The molecule has 0 fully saturated rings. The number of carbonyl (C=O) groups is 1. The Kier molecular flexibility index (Phi) is 6.81. The lowest BCUT2D eigenvalue weighted by Gasteiger charge is -2.19. The summed E-state index contributed by atoms with van der Waals surface area (Å²) in [7, 11) is 4.48. The molecule has 1 aromatic rings. The maximum atomic E-state index is 11.7. The predicted octanol–water partition coefficient (Wildman–Crippen LogP) is 1.62. The number of esters is 1. The molecule has 0 saturated heterocycles. The zero-order valence-electron chi connectivity index (χ0n) is 13.1. The summed E-state index contributed by atoms with van der Waals surface area (Å²) >= 11 is 0. The lowest BCUT2D eigenvalue weighted by molar-refractivity contribution is -0.144. The third-order valence-corrected chi connectivity index (χ3v) is 2.76. The Labute approximate surface area is 125 Å². The Balaban J connectivity index is 2.76. The van der Waals surface area contributed by atoms with Gasteiger partial charge in [-0.05, 0) is 0 Å². The molecule has 1 atom stereocenters. The van der Waals surface area contributed by atoms with Gasteiger partial charge in [-0.1, -0.05) is 13.8 Å². The smallest absolute Gasteiger partial charge is 0.326 e. The lowest BCUT2D eigenvalue weighted by atomic mass is 10.2. The van der Waals surface area contributed by atoms with Crippen LogP contribution in [0, 0.1) is 0 Å². The van der Waals surface area contributed by atoms with Gasteiger partial charge in [0.2, 0.25) is 0 Å². The van der Waals surface area contributed by atoms with Crippen molar-refractivity contribution in [3.8, 4) is 17.2 Å². The van der Waals surface area contributed by atoms with Gasteiger partial charge in [0.1, 0.15) is 29.9 Å². The van der Waals surface area contributed by atoms with Crippen molar-refractivity contribution in [2.45, 2.75) is 25.9 Å². The van der Waals surface area contributed by atoms with Gasteiger partial charge in [-0.2, -0.15) is 0 Å². The van der Waals surface area contributed by atoms with Gasteiger partial charge in [-0.25, -0.2) is 0 Å². The molecular weight excluding hydrogens is 274 g/mol. The maximum absolute atomic E-state index is 11.7. The molecule has 1 rings (SSSR count). The molecule has 0 aliphatic rings. The summed E-state index contributed by atoms with van der Waals surface area (Å²) in [5.74, 6) is 1.44. The standard InChI is InChI=1S/C15H23NO5/c1-10(2)16-14(15(17)20-5)9-21-13-7-11(18-3)6-12(8-13)19-4/h6-8,10,14,16H,9H2,1-5H3. The van der Waals surface area contributed by atoms with E-state index in [4.69, 9.17) is 18.9 Å². The van der Waals surface area contributed by atoms with Crippen molar-refractivity contribution < 1.29 is 23.7 Å². The fourth-order valence-electron chi connectivity index (χ4n) is 1.77. The number of hydrogen-bond donors (Lipinski definition) is 1. The Morgan fingerprint density at radius 1 is 1.05 bits per heavy atom. The molecule has 0 aliphatic carbocycles. The minimum atomic E-state index is -0.535. The molecule has 6 heteroatoms. The Morgan fingerprint density at radius 2 is 1.57 bits per heavy atom. The van der Waals surface area contributed by atoms with Gasteiger partial charge in [0.15, 0.2) is 0 Å². The zero-order chi connectivity index (χ0) is 15.8. The second-order valence-electron chi connectivity index (χ2n) is 4.76. The normalized spacial score (nSPS) is 11.9. The maximum Gasteiger partial charge on any atom is 0.326 e. The van der Waals surface area contributed by atoms with Crippen LogP contribution in [0.3, 0.4) is 0 Å². The van der Waals surface area contributed by atoms with E-state index in [0.717, 1.165) is 0 Å². The van der Waals surface area contributed by atoms with Crippen molar-refractivity contribution in [2.24, 2.45) is 0 Å². The van der Waals surface area contributed by atoms with Crippen molar-refractivity contribution >= 4 is 5.97 Å². The van der Waals surface area contributed by atoms with Gasteiger partial charge >= 0.3 is 5.97 Å². The third kappa shape index (κ3) is 5.51. The van der Waals surface area contributed by atoms with Crippen LogP contribution in [-0.4, -0.2) is 46.0 Å². The highest BCUT2D eigenvalue weighted by molar-refractivity contribution is 5.75. The molecule has 21 heavy (non-hydrogen) atoms. The van der Waals surface area contributed by atoms with Gasteiger partial charge in [0.25, 0.3) is 0 Å². The summed E-state index contributed by atoms with van der Waals surface area (Å²) in [6.07, 6.45) is 0. The number of carbonyl (C=O) groups excluding carboxylic acids is 1. The molecule has 0 bridgehead atoms. The average Bonchev–Trinajstić information content (AvgIpc) is 2.49. The van der Waals surface area contributed by atoms with Gasteiger partial charge < -0.3 is 18.9 Å². The van der Waals surface area contributed by atoms with E-state index < -0.39 is 6.04 Å². The summed E-state index contributed by atoms with van der Waals surface area (Å²) in [5.41, 5.74) is 0. The number of nitrogens with one attached hydrogen (secondary N) is 1. The first kappa shape index (κ1) is 17.1. The molecule has 1 N–H and O–H groups in total. The SMILES string of the molecule is COC(=O)C(COc1cc(OC)cc(OC)c1)NC(C)C. The van der Waals surface area contributed by atoms with Gasteiger partial charge in [-0.15, -0.1) is 0 Å². The van der Waals surface area contributed by atoms with E-state index in [1.807, 2.05) is 13.8 Å². The molecule has 0 aliphatic heterocycles. The number of benzene rings is 1. The van der Waals surface area contributed by atoms with Crippen molar-refractivity contribution in [1.82, 2.24) is 5.32 Å². The summed E-state index contributed by atoms with van der Waals surface area (Å²) < 4.78 is 20.8. The number of rotatable bonds is 8. The molecular formula is C15H23NO5. The monoisotopic (exact) mass is 297 g/mol. The highest BCUT2D eigenvalue weighted by Gasteiger charge is 2.20. The molecule has 0 radical (unpaired) electrons. The van der Waals surface area contributed by atoms with Crippen LogP contribution in [-0.2, 0) is 9.53 Å². The third-order valence-electron chi connectivity index (χ3n) is 2.76. The Bertz CT molecular complexity index is 439. The van der Waals surface area contributed by atoms with Crippen LogP contribution in [0.5, 0.6) is 17.2 Å². The van der Waals surface area contributed by atoms with Crippen molar-refractivity contribution in [3.63, 3.8) is 0 Å². The fourth-order valence-corrected chi connectivity index (χ4v) is 1.77. The van der Waals surface area contributed by atoms with E-state index in [9.17, 15) is 4.79 Å². The molecule has 118 valence electrons. The second-order valence-corrected chi connectivity index (χ2v) is 4.76. The molecule has 0 saturated carbocycles. The Morgan fingerprint density at radius 3 is 2.00 bits per heavy atom. The average molecular weight is 297 g/mol. The first-order valence-corrected chi connectivity index (χ1v) is 6.70. The molecule has 6 nitrogen and oxygen atoms in total. The van der Waals surface area contributed by atoms with E-state index >= 15 is 0 Å². The van der Waals surface area contributed by atoms with E-state index in [0.29, 0.717) is 17.2 Å². The van der Waals surface area contributed by atoms with Crippen LogP contribution in [0.2, 0.25) is 0 Å². The zero-order valence-corrected chi connectivity index (χ0v) is 13.1. The van der Waals surface area contributed by atoms with Crippen LogP contribution in [0.15, 0.2) is 18.2 Å². The van der Waals surface area contributed by atoms with Gasteiger partial charge in [0.05, 0.1) is 21.3 Å². The lowest BCUT2D eigenvalue weighted by Crippen LogP contribution is -2.45. The minimum Gasteiger partial charge on any atom is -0.496 e. The first-order chi connectivity index (χ1) is 9.99. The van der Waals surface area contributed by atoms with Crippen LogP contribution < -0.4 is 19.5 Å².